The quantitative estimate of drug-likeness (QED) is 0.635. The molecule has 0 atom stereocenters. The molecule has 0 bridgehead atoms. The summed E-state index contributed by atoms with van der Waals surface area (Å²) in [7, 11) is 0. The van der Waals surface area contributed by atoms with Gasteiger partial charge in [0.25, 0.3) is 0 Å². The molecule has 0 aliphatic carbocycles. The first kappa shape index (κ1) is 16.2. The second kappa shape index (κ2) is 8.29. The molecule has 3 rings (SSSR count). The number of carbonyl (C=O) groups is 2. The van der Waals surface area contributed by atoms with E-state index in [4.69, 9.17) is 0 Å². The van der Waals surface area contributed by atoms with E-state index in [1.807, 2.05) is 66.7 Å². The Labute approximate surface area is 135 Å². The highest BCUT2D eigenvalue weighted by Gasteiger charge is 2.20. The molecule has 2 aromatic carbocycles. The zero-order chi connectivity index (χ0) is 16.5. The molecular formula is C20H16O3. The average molecular weight is 304 g/mol. The summed E-state index contributed by atoms with van der Waals surface area (Å²) in [5.74, 6) is -1.19. The second-order valence-electron chi connectivity index (χ2n) is 4.67. The van der Waals surface area contributed by atoms with Gasteiger partial charge in [-0.2, -0.15) is 0 Å². The summed E-state index contributed by atoms with van der Waals surface area (Å²) in [6.45, 7) is 3.63. The second-order valence-corrected chi connectivity index (χ2v) is 4.67. The van der Waals surface area contributed by atoms with Crippen molar-refractivity contribution in [3.05, 3.63) is 96.1 Å². The Morgan fingerprint density at radius 2 is 1.35 bits per heavy atom. The van der Waals surface area contributed by atoms with Crippen molar-refractivity contribution in [3.63, 3.8) is 0 Å². The van der Waals surface area contributed by atoms with Crippen molar-refractivity contribution in [1.82, 2.24) is 0 Å². The minimum Gasteiger partial charge on any atom is -0.386 e. The van der Waals surface area contributed by atoms with E-state index >= 15 is 0 Å². The number of esters is 2. The summed E-state index contributed by atoms with van der Waals surface area (Å²) in [4.78, 5) is 21.8. The molecule has 0 radical (unpaired) electrons. The lowest BCUT2D eigenvalue weighted by atomic mass is 10.1. The third-order valence-corrected chi connectivity index (χ3v) is 2.99. The normalized spacial score (nSPS) is 13.1. The fourth-order valence-electron chi connectivity index (χ4n) is 1.82. The lowest BCUT2D eigenvalue weighted by Gasteiger charge is -1.91. The van der Waals surface area contributed by atoms with Crippen LogP contribution in [-0.4, -0.2) is 11.9 Å². The van der Waals surface area contributed by atoms with Crippen LogP contribution in [0.3, 0.4) is 0 Å². The summed E-state index contributed by atoms with van der Waals surface area (Å²) < 4.78 is 4.34. The van der Waals surface area contributed by atoms with Gasteiger partial charge in [0.1, 0.15) is 0 Å². The van der Waals surface area contributed by atoms with Crippen molar-refractivity contribution >= 4 is 24.1 Å². The van der Waals surface area contributed by atoms with Crippen LogP contribution in [0.1, 0.15) is 11.1 Å². The molecule has 0 fully saturated rings. The lowest BCUT2D eigenvalue weighted by molar-refractivity contribution is -0.150. The molecule has 3 nitrogen and oxygen atoms in total. The molecule has 2 aromatic rings. The molecule has 1 heterocycles. The third-order valence-electron chi connectivity index (χ3n) is 2.99. The van der Waals surface area contributed by atoms with Crippen LogP contribution < -0.4 is 0 Å². The van der Waals surface area contributed by atoms with Gasteiger partial charge in [-0.05, 0) is 17.2 Å². The molecule has 1 aliphatic rings. The van der Waals surface area contributed by atoms with Crippen molar-refractivity contribution < 1.29 is 14.3 Å². The van der Waals surface area contributed by atoms with E-state index in [2.05, 4.69) is 11.3 Å². The van der Waals surface area contributed by atoms with Crippen LogP contribution in [0, 0.1) is 0 Å². The number of ether oxygens (including phenoxy) is 1. The first-order chi connectivity index (χ1) is 11.2. The Kier molecular flexibility index (Phi) is 5.83. The van der Waals surface area contributed by atoms with Crippen LogP contribution in [0.4, 0.5) is 0 Å². The van der Waals surface area contributed by atoms with Gasteiger partial charge >= 0.3 is 11.9 Å². The van der Waals surface area contributed by atoms with Gasteiger partial charge in [0, 0.05) is 6.08 Å². The monoisotopic (exact) mass is 304 g/mol. The van der Waals surface area contributed by atoms with Gasteiger partial charge in [0.05, 0.1) is 5.57 Å². The lowest BCUT2D eigenvalue weighted by Crippen LogP contribution is -2.00. The fourth-order valence-corrected chi connectivity index (χ4v) is 1.82. The zero-order valence-electron chi connectivity index (χ0n) is 12.5. The molecule has 0 unspecified atom stereocenters. The van der Waals surface area contributed by atoms with Crippen LogP contribution in [0.25, 0.3) is 12.2 Å². The van der Waals surface area contributed by atoms with E-state index in [9.17, 15) is 9.59 Å². The summed E-state index contributed by atoms with van der Waals surface area (Å²) in [5.41, 5.74) is 2.42. The maximum absolute atomic E-state index is 11.0. The number of cyclic esters (lactones) is 2. The Hall–Kier alpha value is -3.20. The van der Waals surface area contributed by atoms with Crippen molar-refractivity contribution in [3.8, 4) is 0 Å². The molecule has 23 heavy (non-hydrogen) atoms. The fraction of sp³-hybridized carbons (Fsp3) is 0. The average Bonchev–Trinajstić information content (AvgIpc) is 2.93. The van der Waals surface area contributed by atoms with Gasteiger partial charge in [0.2, 0.25) is 0 Å². The summed E-state index contributed by atoms with van der Waals surface area (Å²) in [6.07, 6.45) is 6.34. The SMILES string of the molecule is C=Cc1ccccc1.O=C1C=C(C=Cc2ccccc2)C(=O)O1. The first-order valence-corrected chi connectivity index (χ1v) is 7.07. The number of hydrogen-bond donors (Lipinski definition) is 0. The minimum atomic E-state index is -0.604. The number of carbonyl (C=O) groups excluding carboxylic acids is 2. The topological polar surface area (TPSA) is 43.4 Å². The van der Waals surface area contributed by atoms with E-state index in [1.54, 1.807) is 12.2 Å². The smallest absolute Gasteiger partial charge is 0.346 e. The molecular weight excluding hydrogens is 288 g/mol. The highest BCUT2D eigenvalue weighted by Crippen LogP contribution is 2.11. The van der Waals surface area contributed by atoms with Crippen molar-refractivity contribution in [2.24, 2.45) is 0 Å². The predicted molar refractivity (Wildman–Crippen MR) is 91.2 cm³/mol. The highest BCUT2D eigenvalue weighted by molar-refractivity contribution is 6.11. The van der Waals surface area contributed by atoms with Gasteiger partial charge in [-0.3, -0.25) is 0 Å². The van der Waals surface area contributed by atoms with E-state index in [0.29, 0.717) is 0 Å². The molecule has 3 heteroatoms. The maximum Gasteiger partial charge on any atom is 0.346 e. The molecule has 114 valence electrons. The summed E-state index contributed by atoms with van der Waals surface area (Å²) in [6, 6.07) is 19.5. The zero-order valence-corrected chi connectivity index (χ0v) is 12.5. The molecule has 0 aromatic heterocycles. The molecule has 0 saturated carbocycles. The van der Waals surface area contributed by atoms with Gasteiger partial charge in [0.15, 0.2) is 0 Å². The van der Waals surface area contributed by atoms with E-state index in [-0.39, 0.29) is 5.57 Å². The van der Waals surface area contributed by atoms with Crippen LogP contribution in [0.15, 0.2) is 85.0 Å². The Balaban J connectivity index is 0.000000203. The van der Waals surface area contributed by atoms with Crippen LogP contribution >= 0.6 is 0 Å². The maximum atomic E-state index is 11.0. The molecule has 0 saturated heterocycles. The molecule has 0 amide bonds. The molecule has 1 aliphatic heterocycles. The van der Waals surface area contributed by atoms with E-state index in [1.165, 1.54) is 11.6 Å². The Morgan fingerprint density at radius 1 is 0.783 bits per heavy atom. The Morgan fingerprint density at radius 3 is 1.78 bits per heavy atom. The van der Waals surface area contributed by atoms with Crippen molar-refractivity contribution in [1.29, 1.82) is 0 Å². The number of hydrogen-bond acceptors (Lipinski definition) is 3. The van der Waals surface area contributed by atoms with Gasteiger partial charge < -0.3 is 4.74 Å². The van der Waals surface area contributed by atoms with E-state index < -0.39 is 11.9 Å². The van der Waals surface area contributed by atoms with Gasteiger partial charge in [-0.1, -0.05) is 79.4 Å². The number of rotatable bonds is 3. The van der Waals surface area contributed by atoms with Crippen molar-refractivity contribution in [2.45, 2.75) is 0 Å². The molecule has 0 spiro atoms. The first-order valence-electron chi connectivity index (χ1n) is 7.07. The summed E-state index contributed by atoms with van der Waals surface area (Å²) >= 11 is 0. The largest absolute Gasteiger partial charge is 0.386 e. The van der Waals surface area contributed by atoms with Crippen LogP contribution in [-0.2, 0) is 14.3 Å². The minimum absolute atomic E-state index is 0.281. The van der Waals surface area contributed by atoms with Gasteiger partial charge in [-0.25, -0.2) is 9.59 Å². The standard InChI is InChI=1S/C12H8O3.C8H8/c13-11-8-10(12(14)15-11)7-6-9-4-2-1-3-5-9;1-2-8-6-4-3-5-7-8/h1-8H;2-7H,1H2. The summed E-state index contributed by atoms with van der Waals surface area (Å²) in [5, 5.41) is 0. The van der Waals surface area contributed by atoms with Crippen LogP contribution in [0.5, 0.6) is 0 Å². The number of benzene rings is 2. The molecule has 0 N–H and O–H groups in total. The predicted octanol–water partition coefficient (Wildman–Crippen LogP) is 4.04. The third kappa shape index (κ3) is 5.25. The van der Waals surface area contributed by atoms with Gasteiger partial charge in [-0.15, -0.1) is 0 Å². The van der Waals surface area contributed by atoms with E-state index in [0.717, 1.165) is 5.56 Å². The van der Waals surface area contributed by atoms with Crippen molar-refractivity contribution in [2.75, 3.05) is 0 Å². The Bertz CT molecular complexity index is 741. The van der Waals surface area contributed by atoms with Crippen LogP contribution in [0.2, 0.25) is 0 Å². The highest BCUT2D eigenvalue weighted by atomic mass is 16.6.